The molecule has 64 valence electrons. The molecule has 0 saturated carbocycles. The summed E-state index contributed by atoms with van der Waals surface area (Å²) >= 11 is 0. The zero-order chi connectivity index (χ0) is 8.77. The van der Waals surface area contributed by atoms with Crippen molar-refractivity contribution in [1.82, 2.24) is 10.2 Å². The maximum absolute atomic E-state index is 4.28. The average Bonchev–Trinajstić information content (AvgIpc) is 2.30. The molecule has 1 heterocycles. The zero-order valence-electron chi connectivity index (χ0n) is 7.81. The highest BCUT2D eigenvalue weighted by atomic mass is 15.1. The molecule has 2 heteroatoms. The molecule has 0 saturated heterocycles. The number of hydrogen-bond acceptors (Lipinski definition) is 1. The van der Waals surface area contributed by atoms with Gasteiger partial charge in [-0.25, -0.2) is 0 Å². The molecule has 2 nitrogen and oxygen atoms in total. The van der Waals surface area contributed by atoms with Crippen LogP contribution in [0.1, 0.15) is 30.8 Å². The second kappa shape index (κ2) is 2.22. The van der Waals surface area contributed by atoms with Gasteiger partial charge in [0.1, 0.15) is 0 Å². The summed E-state index contributed by atoms with van der Waals surface area (Å²) in [5.74, 6) is 0. The number of aromatic nitrogens is 2. The number of hydrogen-bond donors (Lipinski definition) is 1. The van der Waals surface area contributed by atoms with Crippen LogP contribution in [0, 0.1) is 12.3 Å². The van der Waals surface area contributed by atoms with Gasteiger partial charge in [-0.3, -0.25) is 5.10 Å². The minimum absolute atomic E-state index is 0.272. The van der Waals surface area contributed by atoms with E-state index in [1.807, 2.05) is 0 Å². The van der Waals surface area contributed by atoms with Gasteiger partial charge in [0, 0.05) is 17.7 Å². The third-order valence-corrected chi connectivity index (χ3v) is 2.40. The van der Waals surface area contributed by atoms with Gasteiger partial charge in [-0.1, -0.05) is 26.0 Å². The molecule has 0 atom stereocenters. The predicted molar refractivity (Wildman–Crippen MR) is 49.8 cm³/mol. The normalized spacial score (nSPS) is 19.2. The Morgan fingerprint density at radius 2 is 2.25 bits per heavy atom. The van der Waals surface area contributed by atoms with Crippen molar-refractivity contribution in [3.05, 3.63) is 23.0 Å². The fourth-order valence-corrected chi connectivity index (χ4v) is 1.64. The molecule has 0 unspecified atom stereocenters. The molecular formula is C10H14N2. The molecule has 0 spiro atoms. The largest absolute Gasteiger partial charge is 0.282 e. The first-order valence-electron chi connectivity index (χ1n) is 4.32. The number of fused-ring (bicyclic) bond motifs is 1. The number of allylic oxidation sites excluding steroid dienone is 1. The lowest BCUT2D eigenvalue weighted by atomic mass is 9.82. The smallest absolute Gasteiger partial charge is 0.0705 e. The molecule has 0 bridgehead atoms. The SMILES string of the molecule is Cc1[nH]nc2c1C=CC(C)(C)C2. The van der Waals surface area contributed by atoms with Gasteiger partial charge in [-0.05, 0) is 12.3 Å². The quantitative estimate of drug-likeness (QED) is 0.623. The Balaban J connectivity index is 2.48. The maximum atomic E-state index is 4.28. The Kier molecular flexibility index (Phi) is 1.40. The van der Waals surface area contributed by atoms with Crippen LogP contribution in [0.2, 0.25) is 0 Å². The number of nitrogens with zero attached hydrogens (tertiary/aromatic N) is 1. The van der Waals surface area contributed by atoms with Gasteiger partial charge >= 0.3 is 0 Å². The van der Waals surface area contributed by atoms with Crippen molar-refractivity contribution in [2.75, 3.05) is 0 Å². The van der Waals surface area contributed by atoms with Crippen molar-refractivity contribution in [2.24, 2.45) is 5.41 Å². The van der Waals surface area contributed by atoms with Crippen molar-refractivity contribution in [2.45, 2.75) is 27.2 Å². The first-order valence-corrected chi connectivity index (χ1v) is 4.32. The second-order valence-corrected chi connectivity index (χ2v) is 4.21. The molecular weight excluding hydrogens is 148 g/mol. The van der Waals surface area contributed by atoms with Crippen LogP contribution in [-0.2, 0) is 6.42 Å². The highest BCUT2D eigenvalue weighted by Gasteiger charge is 2.23. The number of nitrogens with one attached hydrogen (secondary N) is 1. The van der Waals surface area contributed by atoms with E-state index >= 15 is 0 Å². The van der Waals surface area contributed by atoms with E-state index in [2.05, 4.69) is 43.1 Å². The van der Waals surface area contributed by atoms with Crippen LogP contribution in [0.5, 0.6) is 0 Å². The maximum Gasteiger partial charge on any atom is 0.0705 e. The highest BCUT2D eigenvalue weighted by molar-refractivity contribution is 5.57. The molecule has 0 amide bonds. The van der Waals surface area contributed by atoms with E-state index in [0.29, 0.717) is 0 Å². The monoisotopic (exact) mass is 162 g/mol. The standard InChI is InChI=1S/C10H14N2/c1-7-8-4-5-10(2,3)6-9(8)12-11-7/h4-5H,6H2,1-3H3,(H,11,12). The molecule has 1 N–H and O–H groups in total. The van der Waals surface area contributed by atoms with Gasteiger partial charge in [-0.2, -0.15) is 5.10 Å². The molecule has 1 aromatic rings. The average molecular weight is 162 g/mol. The van der Waals surface area contributed by atoms with E-state index in [-0.39, 0.29) is 5.41 Å². The highest BCUT2D eigenvalue weighted by Crippen LogP contribution is 2.31. The number of aryl methyl sites for hydroxylation is 1. The molecule has 0 aromatic carbocycles. The zero-order valence-corrected chi connectivity index (χ0v) is 7.81. The summed E-state index contributed by atoms with van der Waals surface area (Å²) in [7, 11) is 0. The first kappa shape index (κ1) is 7.59. The summed E-state index contributed by atoms with van der Waals surface area (Å²) in [4.78, 5) is 0. The predicted octanol–water partition coefficient (Wildman–Crippen LogP) is 2.31. The third-order valence-electron chi connectivity index (χ3n) is 2.40. The topological polar surface area (TPSA) is 28.7 Å². The molecule has 0 fully saturated rings. The fraction of sp³-hybridized carbons (Fsp3) is 0.500. The van der Waals surface area contributed by atoms with Crippen molar-refractivity contribution in [3.63, 3.8) is 0 Å². The molecule has 1 aromatic heterocycles. The van der Waals surface area contributed by atoms with Gasteiger partial charge in [0.25, 0.3) is 0 Å². The third kappa shape index (κ3) is 1.07. The molecule has 2 rings (SSSR count). The van der Waals surface area contributed by atoms with Gasteiger partial charge in [0.2, 0.25) is 0 Å². The Morgan fingerprint density at radius 3 is 3.00 bits per heavy atom. The summed E-state index contributed by atoms with van der Waals surface area (Å²) in [5, 5.41) is 7.29. The minimum Gasteiger partial charge on any atom is -0.282 e. The van der Waals surface area contributed by atoms with Gasteiger partial charge in [0.15, 0.2) is 0 Å². The summed E-state index contributed by atoms with van der Waals surface area (Å²) in [5.41, 5.74) is 3.94. The van der Waals surface area contributed by atoms with E-state index in [9.17, 15) is 0 Å². The summed E-state index contributed by atoms with van der Waals surface area (Å²) in [6, 6.07) is 0. The lowest BCUT2D eigenvalue weighted by Gasteiger charge is -2.22. The first-order chi connectivity index (χ1) is 5.58. The van der Waals surface area contributed by atoms with E-state index in [1.54, 1.807) is 0 Å². The van der Waals surface area contributed by atoms with Crippen LogP contribution in [0.4, 0.5) is 0 Å². The number of rotatable bonds is 0. The van der Waals surface area contributed by atoms with Crippen molar-refractivity contribution >= 4 is 6.08 Å². The van der Waals surface area contributed by atoms with E-state index in [1.165, 1.54) is 17.0 Å². The fourth-order valence-electron chi connectivity index (χ4n) is 1.64. The van der Waals surface area contributed by atoms with Crippen molar-refractivity contribution in [3.8, 4) is 0 Å². The second-order valence-electron chi connectivity index (χ2n) is 4.21. The molecule has 1 aliphatic rings. The van der Waals surface area contributed by atoms with E-state index in [4.69, 9.17) is 0 Å². The van der Waals surface area contributed by atoms with Gasteiger partial charge in [0.05, 0.1) is 5.69 Å². The Morgan fingerprint density at radius 1 is 1.50 bits per heavy atom. The Hall–Kier alpha value is -1.05. The Bertz CT molecular complexity index is 332. The van der Waals surface area contributed by atoms with Crippen LogP contribution in [0.3, 0.4) is 0 Å². The van der Waals surface area contributed by atoms with Gasteiger partial charge < -0.3 is 0 Å². The lowest BCUT2D eigenvalue weighted by Crippen LogP contribution is -2.15. The van der Waals surface area contributed by atoms with Crippen LogP contribution >= 0.6 is 0 Å². The minimum atomic E-state index is 0.272. The molecule has 12 heavy (non-hydrogen) atoms. The van der Waals surface area contributed by atoms with Gasteiger partial charge in [-0.15, -0.1) is 0 Å². The lowest BCUT2D eigenvalue weighted by molar-refractivity contribution is 0.468. The Labute approximate surface area is 72.7 Å². The van der Waals surface area contributed by atoms with Crippen LogP contribution in [-0.4, -0.2) is 10.2 Å². The van der Waals surface area contributed by atoms with E-state index in [0.717, 1.165) is 6.42 Å². The molecule has 1 aliphatic carbocycles. The summed E-state index contributed by atoms with van der Waals surface area (Å²) in [6.07, 6.45) is 5.48. The van der Waals surface area contributed by atoms with Crippen LogP contribution in [0.25, 0.3) is 6.08 Å². The van der Waals surface area contributed by atoms with E-state index < -0.39 is 0 Å². The number of H-pyrrole nitrogens is 1. The van der Waals surface area contributed by atoms with Crippen LogP contribution in [0.15, 0.2) is 6.08 Å². The molecule has 0 aliphatic heterocycles. The van der Waals surface area contributed by atoms with Crippen molar-refractivity contribution in [1.29, 1.82) is 0 Å². The summed E-state index contributed by atoms with van der Waals surface area (Å²) in [6.45, 7) is 6.53. The summed E-state index contributed by atoms with van der Waals surface area (Å²) < 4.78 is 0. The van der Waals surface area contributed by atoms with Crippen molar-refractivity contribution < 1.29 is 0 Å². The number of aromatic amines is 1. The van der Waals surface area contributed by atoms with Crippen LogP contribution < -0.4 is 0 Å². The molecule has 0 radical (unpaired) electrons.